The van der Waals surface area contributed by atoms with Crippen LogP contribution in [0.3, 0.4) is 0 Å². The van der Waals surface area contributed by atoms with Gasteiger partial charge in [-0.2, -0.15) is 0 Å². The SMILES string of the molecule is NC(=O)Cc1sc(N)nc1-c1ccc(Cl)cc1. The number of nitrogens with zero attached hydrogens (tertiary/aromatic N) is 1. The van der Waals surface area contributed by atoms with Crippen LogP contribution >= 0.6 is 22.9 Å². The minimum atomic E-state index is -0.399. The highest BCUT2D eigenvalue weighted by Crippen LogP contribution is 2.30. The van der Waals surface area contributed by atoms with E-state index in [1.165, 1.54) is 11.3 Å². The lowest BCUT2D eigenvalue weighted by molar-refractivity contribution is -0.117. The van der Waals surface area contributed by atoms with Crippen LogP contribution in [0.2, 0.25) is 5.02 Å². The number of rotatable bonds is 3. The van der Waals surface area contributed by atoms with Gasteiger partial charge in [0.25, 0.3) is 0 Å². The van der Waals surface area contributed by atoms with Crippen LogP contribution in [0.25, 0.3) is 11.3 Å². The van der Waals surface area contributed by atoms with Crippen LogP contribution in [0.5, 0.6) is 0 Å². The highest BCUT2D eigenvalue weighted by atomic mass is 35.5. The Kier molecular flexibility index (Phi) is 3.31. The Labute approximate surface area is 107 Å². The topological polar surface area (TPSA) is 82.0 Å². The molecule has 0 fully saturated rings. The molecule has 0 bridgehead atoms. The number of hydrogen-bond donors (Lipinski definition) is 2. The molecule has 1 amide bonds. The highest BCUT2D eigenvalue weighted by Gasteiger charge is 2.13. The first-order valence-electron chi connectivity index (χ1n) is 4.85. The number of halogens is 1. The van der Waals surface area contributed by atoms with Gasteiger partial charge in [-0.1, -0.05) is 23.7 Å². The summed E-state index contributed by atoms with van der Waals surface area (Å²) in [6.07, 6.45) is 0.146. The molecule has 0 unspecified atom stereocenters. The van der Waals surface area contributed by atoms with Crippen LogP contribution in [-0.4, -0.2) is 10.9 Å². The molecule has 0 spiro atoms. The third-order valence-corrected chi connectivity index (χ3v) is 3.30. The third-order valence-electron chi connectivity index (χ3n) is 2.17. The average Bonchev–Trinajstić information content (AvgIpc) is 2.59. The molecule has 0 atom stereocenters. The maximum Gasteiger partial charge on any atom is 0.222 e. The molecule has 0 radical (unpaired) electrons. The van der Waals surface area contributed by atoms with E-state index in [0.717, 1.165) is 10.4 Å². The molecule has 0 saturated carbocycles. The molecular formula is C11H10ClN3OS. The van der Waals surface area contributed by atoms with Crippen molar-refractivity contribution < 1.29 is 4.79 Å². The number of primary amides is 1. The highest BCUT2D eigenvalue weighted by molar-refractivity contribution is 7.15. The predicted molar refractivity (Wildman–Crippen MR) is 69.9 cm³/mol. The standard InChI is InChI=1S/C11H10ClN3OS/c12-7-3-1-6(2-4-7)10-8(5-9(13)16)17-11(14)15-10/h1-4H,5H2,(H2,13,16)(H2,14,15). The van der Waals surface area contributed by atoms with E-state index in [0.29, 0.717) is 15.8 Å². The van der Waals surface area contributed by atoms with Crippen molar-refractivity contribution >= 4 is 34.0 Å². The summed E-state index contributed by atoms with van der Waals surface area (Å²) in [6.45, 7) is 0. The second-order valence-corrected chi connectivity index (χ2v) is 5.03. The minimum absolute atomic E-state index is 0.146. The van der Waals surface area contributed by atoms with E-state index in [9.17, 15) is 4.79 Å². The van der Waals surface area contributed by atoms with Gasteiger partial charge in [-0.05, 0) is 12.1 Å². The Bertz CT molecular complexity index is 550. The van der Waals surface area contributed by atoms with Crippen LogP contribution < -0.4 is 11.5 Å². The molecule has 2 aromatic rings. The van der Waals surface area contributed by atoms with Crippen molar-refractivity contribution in [3.05, 3.63) is 34.2 Å². The lowest BCUT2D eigenvalue weighted by atomic mass is 10.1. The van der Waals surface area contributed by atoms with E-state index < -0.39 is 5.91 Å². The molecule has 1 aromatic heterocycles. The molecule has 0 aliphatic carbocycles. The van der Waals surface area contributed by atoms with Crippen molar-refractivity contribution in [3.8, 4) is 11.3 Å². The molecule has 0 aliphatic rings. The Morgan fingerprint density at radius 2 is 2.00 bits per heavy atom. The van der Waals surface area contributed by atoms with Crippen LogP contribution in [0.1, 0.15) is 4.88 Å². The number of amides is 1. The molecule has 88 valence electrons. The second kappa shape index (κ2) is 4.73. The zero-order valence-electron chi connectivity index (χ0n) is 8.81. The number of thiazole rings is 1. The normalized spacial score (nSPS) is 10.4. The van der Waals surface area contributed by atoms with Crippen LogP contribution in [0.4, 0.5) is 5.13 Å². The fraction of sp³-hybridized carbons (Fsp3) is 0.0909. The molecule has 4 N–H and O–H groups in total. The smallest absolute Gasteiger partial charge is 0.222 e. The van der Waals surface area contributed by atoms with Crippen molar-refractivity contribution in [2.75, 3.05) is 5.73 Å². The van der Waals surface area contributed by atoms with Gasteiger partial charge in [0.1, 0.15) is 0 Å². The molecule has 1 heterocycles. The Balaban J connectivity index is 2.43. The van der Waals surface area contributed by atoms with Gasteiger partial charge in [-0.15, -0.1) is 11.3 Å². The monoisotopic (exact) mass is 267 g/mol. The van der Waals surface area contributed by atoms with Gasteiger partial charge in [-0.25, -0.2) is 4.98 Å². The summed E-state index contributed by atoms with van der Waals surface area (Å²) in [6, 6.07) is 7.20. The van der Waals surface area contributed by atoms with Crippen molar-refractivity contribution in [2.24, 2.45) is 5.73 Å². The number of aromatic nitrogens is 1. The number of carbonyl (C=O) groups is 1. The third kappa shape index (κ3) is 2.75. The van der Waals surface area contributed by atoms with Gasteiger partial charge in [0.15, 0.2) is 5.13 Å². The molecule has 0 saturated heterocycles. The maximum atomic E-state index is 11.0. The molecule has 4 nitrogen and oxygen atoms in total. The Morgan fingerprint density at radius 3 is 2.59 bits per heavy atom. The summed E-state index contributed by atoms with van der Waals surface area (Å²) in [5, 5.41) is 1.07. The zero-order chi connectivity index (χ0) is 12.4. The Morgan fingerprint density at radius 1 is 1.35 bits per heavy atom. The maximum absolute atomic E-state index is 11.0. The lowest BCUT2D eigenvalue weighted by Crippen LogP contribution is -2.13. The van der Waals surface area contributed by atoms with Crippen LogP contribution in [0, 0.1) is 0 Å². The van der Waals surface area contributed by atoms with E-state index in [1.54, 1.807) is 12.1 Å². The first kappa shape index (κ1) is 11.9. The fourth-order valence-corrected chi connectivity index (χ4v) is 2.47. The summed E-state index contributed by atoms with van der Waals surface area (Å²) in [7, 11) is 0. The second-order valence-electron chi connectivity index (χ2n) is 3.47. The largest absolute Gasteiger partial charge is 0.375 e. The molecule has 1 aromatic carbocycles. The summed E-state index contributed by atoms with van der Waals surface area (Å²) in [4.78, 5) is 15.9. The van der Waals surface area contributed by atoms with Gasteiger partial charge in [-0.3, -0.25) is 4.79 Å². The predicted octanol–water partition coefficient (Wildman–Crippen LogP) is 2.07. The first-order chi connectivity index (χ1) is 8.06. The summed E-state index contributed by atoms with van der Waals surface area (Å²) in [5.74, 6) is -0.399. The zero-order valence-corrected chi connectivity index (χ0v) is 10.4. The number of nitrogens with two attached hydrogens (primary N) is 2. The van der Waals surface area contributed by atoms with E-state index >= 15 is 0 Å². The van der Waals surface area contributed by atoms with Crippen LogP contribution in [0.15, 0.2) is 24.3 Å². The van der Waals surface area contributed by atoms with Gasteiger partial charge < -0.3 is 11.5 Å². The Hall–Kier alpha value is -1.59. The van der Waals surface area contributed by atoms with Gasteiger partial charge in [0.05, 0.1) is 12.1 Å². The number of carbonyl (C=O) groups excluding carboxylic acids is 1. The van der Waals surface area contributed by atoms with Gasteiger partial charge in [0.2, 0.25) is 5.91 Å². The summed E-state index contributed by atoms with van der Waals surface area (Å²) in [5.41, 5.74) is 12.4. The number of hydrogen-bond acceptors (Lipinski definition) is 4. The molecule has 6 heteroatoms. The molecule has 0 aliphatic heterocycles. The van der Waals surface area contributed by atoms with Gasteiger partial charge in [0, 0.05) is 15.5 Å². The fourth-order valence-electron chi connectivity index (χ4n) is 1.48. The van der Waals surface area contributed by atoms with E-state index in [1.807, 2.05) is 12.1 Å². The van der Waals surface area contributed by atoms with Crippen molar-refractivity contribution in [2.45, 2.75) is 6.42 Å². The molecular weight excluding hydrogens is 258 g/mol. The molecule has 17 heavy (non-hydrogen) atoms. The van der Waals surface area contributed by atoms with Crippen molar-refractivity contribution in [1.29, 1.82) is 0 Å². The lowest BCUT2D eigenvalue weighted by Gasteiger charge is -2.00. The number of nitrogen functional groups attached to an aromatic ring is 1. The van der Waals surface area contributed by atoms with Crippen LogP contribution in [-0.2, 0) is 11.2 Å². The number of anilines is 1. The average molecular weight is 268 g/mol. The van der Waals surface area contributed by atoms with Crippen molar-refractivity contribution in [3.63, 3.8) is 0 Å². The van der Waals surface area contributed by atoms with E-state index in [4.69, 9.17) is 23.1 Å². The summed E-state index contributed by atoms with van der Waals surface area (Å²) < 4.78 is 0. The van der Waals surface area contributed by atoms with E-state index in [2.05, 4.69) is 4.98 Å². The van der Waals surface area contributed by atoms with Gasteiger partial charge >= 0.3 is 0 Å². The minimum Gasteiger partial charge on any atom is -0.375 e. The first-order valence-corrected chi connectivity index (χ1v) is 6.05. The van der Waals surface area contributed by atoms with E-state index in [-0.39, 0.29) is 6.42 Å². The van der Waals surface area contributed by atoms with Crippen molar-refractivity contribution in [1.82, 2.24) is 4.98 Å². The number of benzene rings is 1. The quantitative estimate of drug-likeness (QED) is 0.893. The molecule has 2 rings (SSSR count). The summed E-state index contributed by atoms with van der Waals surface area (Å²) >= 11 is 7.09.